The number of ether oxygens (including phenoxy) is 1. The number of hydrogen-bond donors (Lipinski definition) is 1. The maximum absolute atomic E-state index is 11.8. The molecule has 0 radical (unpaired) electrons. The summed E-state index contributed by atoms with van der Waals surface area (Å²) in [5.41, 5.74) is 3.33. The van der Waals surface area contributed by atoms with Crippen LogP contribution >= 0.6 is 23.4 Å². The average molecular weight is 349 g/mol. The molecule has 4 nitrogen and oxygen atoms in total. The Morgan fingerprint density at radius 3 is 2.74 bits per heavy atom. The number of halogens is 1. The van der Waals surface area contributed by atoms with Crippen LogP contribution in [0.1, 0.15) is 12.5 Å². The van der Waals surface area contributed by atoms with Gasteiger partial charge in [0.25, 0.3) is 0 Å². The van der Waals surface area contributed by atoms with Gasteiger partial charge in [-0.05, 0) is 43.3 Å². The Balaban J connectivity index is 1.83. The maximum atomic E-state index is 11.8. The van der Waals surface area contributed by atoms with Gasteiger partial charge in [-0.2, -0.15) is 5.10 Å². The van der Waals surface area contributed by atoms with E-state index in [1.165, 1.54) is 11.8 Å². The average Bonchev–Trinajstić information content (AvgIpc) is 2.56. The van der Waals surface area contributed by atoms with Crippen LogP contribution in [-0.2, 0) is 4.79 Å². The number of nitrogens with zero attached hydrogens (tertiary/aromatic N) is 1. The van der Waals surface area contributed by atoms with E-state index in [1.54, 1.807) is 18.3 Å². The fourth-order valence-corrected chi connectivity index (χ4v) is 2.58. The molecule has 0 aromatic heterocycles. The molecule has 0 saturated heterocycles. The van der Waals surface area contributed by atoms with Crippen molar-refractivity contribution in [1.29, 1.82) is 0 Å². The molecule has 0 fully saturated rings. The summed E-state index contributed by atoms with van der Waals surface area (Å²) in [6.07, 6.45) is 1.58. The number of rotatable bonds is 7. The zero-order valence-electron chi connectivity index (χ0n) is 12.7. The summed E-state index contributed by atoms with van der Waals surface area (Å²) in [4.78, 5) is 12.8. The van der Waals surface area contributed by atoms with Gasteiger partial charge in [0.1, 0.15) is 5.75 Å². The lowest BCUT2D eigenvalue weighted by Crippen LogP contribution is -2.19. The minimum atomic E-state index is -0.171. The highest BCUT2D eigenvalue weighted by molar-refractivity contribution is 8.00. The molecule has 1 amide bonds. The molecule has 6 heteroatoms. The quantitative estimate of drug-likeness (QED) is 0.467. The Hall–Kier alpha value is -1.98. The second kappa shape index (κ2) is 9.22. The minimum absolute atomic E-state index is 0.171. The van der Waals surface area contributed by atoms with Crippen molar-refractivity contribution in [2.45, 2.75) is 11.8 Å². The predicted molar refractivity (Wildman–Crippen MR) is 95.5 cm³/mol. The van der Waals surface area contributed by atoms with Crippen molar-refractivity contribution < 1.29 is 9.53 Å². The molecule has 2 aromatic carbocycles. The van der Waals surface area contributed by atoms with Gasteiger partial charge in [-0.15, -0.1) is 11.8 Å². The number of hydrazone groups is 1. The standard InChI is InChI=1S/C17H17ClN2O2S/c1-2-22-16-6-4-3-5-13(16)11-19-20-17(21)12-23-15-9-7-14(18)8-10-15/h3-11H,2,12H2,1H3,(H,20,21)/b19-11+. The normalized spacial score (nSPS) is 10.7. The van der Waals surface area contributed by atoms with E-state index in [4.69, 9.17) is 16.3 Å². The maximum Gasteiger partial charge on any atom is 0.250 e. The Morgan fingerprint density at radius 1 is 1.26 bits per heavy atom. The van der Waals surface area contributed by atoms with Gasteiger partial charge in [0.2, 0.25) is 5.91 Å². The van der Waals surface area contributed by atoms with Gasteiger partial charge in [-0.1, -0.05) is 23.7 Å². The van der Waals surface area contributed by atoms with E-state index in [0.717, 1.165) is 16.2 Å². The van der Waals surface area contributed by atoms with Crippen molar-refractivity contribution in [2.24, 2.45) is 5.10 Å². The molecule has 0 atom stereocenters. The van der Waals surface area contributed by atoms with Crippen LogP contribution in [0.3, 0.4) is 0 Å². The van der Waals surface area contributed by atoms with Crippen molar-refractivity contribution in [1.82, 2.24) is 5.43 Å². The van der Waals surface area contributed by atoms with Gasteiger partial charge in [0.15, 0.2) is 0 Å². The van der Waals surface area contributed by atoms with Crippen molar-refractivity contribution in [3.05, 3.63) is 59.1 Å². The SMILES string of the molecule is CCOc1ccccc1/C=N/NC(=O)CSc1ccc(Cl)cc1. The molecule has 0 aliphatic rings. The monoisotopic (exact) mass is 348 g/mol. The summed E-state index contributed by atoms with van der Waals surface area (Å²) in [5.74, 6) is 0.852. The molecule has 2 rings (SSSR count). The van der Waals surface area contributed by atoms with Gasteiger partial charge >= 0.3 is 0 Å². The third kappa shape index (κ3) is 5.96. The van der Waals surface area contributed by atoms with Gasteiger partial charge in [0, 0.05) is 15.5 Å². The molecule has 0 bridgehead atoms. The molecule has 0 heterocycles. The first kappa shape index (κ1) is 17.4. The van der Waals surface area contributed by atoms with E-state index < -0.39 is 0 Å². The first-order valence-electron chi connectivity index (χ1n) is 7.11. The molecule has 0 aliphatic carbocycles. The van der Waals surface area contributed by atoms with Crippen LogP contribution in [0.2, 0.25) is 5.02 Å². The van der Waals surface area contributed by atoms with E-state index in [2.05, 4.69) is 10.5 Å². The van der Waals surface area contributed by atoms with Crippen molar-refractivity contribution in [3.8, 4) is 5.75 Å². The number of para-hydroxylation sites is 1. The smallest absolute Gasteiger partial charge is 0.250 e. The summed E-state index contributed by atoms with van der Waals surface area (Å²) in [5, 5.41) is 4.65. The molecule has 0 saturated carbocycles. The Kier molecular flexibility index (Phi) is 6.97. The van der Waals surface area contributed by atoms with Crippen LogP contribution in [0.4, 0.5) is 0 Å². The van der Waals surface area contributed by atoms with Crippen LogP contribution in [0, 0.1) is 0 Å². The number of benzene rings is 2. The van der Waals surface area contributed by atoms with E-state index in [1.807, 2.05) is 43.3 Å². The van der Waals surface area contributed by atoms with Crippen LogP contribution < -0.4 is 10.2 Å². The summed E-state index contributed by atoms with van der Waals surface area (Å²) in [6, 6.07) is 14.9. The molecule has 0 spiro atoms. The predicted octanol–water partition coefficient (Wildman–Crippen LogP) is 3.98. The molecular formula is C17H17ClN2O2S. The minimum Gasteiger partial charge on any atom is -0.493 e. The second-order valence-corrected chi connectivity index (χ2v) is 5.99. The van der Waals surface area contributed by atoms with Gasteiger partial charge < -0.3 is 4.74 Å². The largest absolute Gasteiger partial charge is 0.493 e. The summed E-state index contributed by atoms with van der Waals surface area (Å²) >= 11 is 7.24. The fourth-order valence-electron chi connectivity index (χ4n) is 1.76. The first-order chi connectivity index (χ1) is 11.2. The Bertz CT molecular complexity index is 675. The van der Waals surface area contributed by atoms with Gasteiger partial charge in [0.05, 0.1) is 18.6 Å². The Labute approximate surface area is 144 Å². The second-order valence-electron chi connectivity index (χ2n) is 4.51. The lowest BCUT2D eigenvalue weighted by atomic mass is 10.2. The van der Waals surface area contributed by atoms with E-state index in [-0.39, 0.29) is 11.7 Å². The van der Waals surface area contributed by atoms with Crippen molar-refractivity contribution in [3.63, 3.8) is 0 Å². The molecule has 2 aromatic rings. The third-order valence-corrected chi connectivity index (χ3v) is 4.06. The third-order valence-electron chi connectivity index (χ3n) is 2.80. The van der Waals surface area contributed by atoms with E-state index >= 15 is 0 Å². The van der Waals surface area contributed by atoms with Crippen molar-refractivity contribution in [2.75, 3.05) is 12.4 Å². The summed E-state index contributed by atoms with van der Waals surface area (Å²) in [7, 11) is 0. The van der Waals surface area contributed by atoms with Gasteiger partial charge in [-0.3, -0.25) is 4.79 Å². The zero-order valence-corrected chi connectivity index (χ0v) is 14.2. The van der Waals surface area contributed by atoms with Crippen LogP contribution in [0.25, 0.3) is 0 Å². The first-order valence-corrected chi connectivity index (χ1v) is 8.47. The van der Waals surface area contributed by atoms with E-state index in [9.17, 15) is 4.79 Å². The number of carbonyl (C=O) groups excluding carboxylic acids is 1. The molecule has 0 aliphatic heterocycles. The highest BCUT2D eigenvalue weighted by atomic mass is 35.5. The topological polar surface area (TPSA) is 50.7 Å². The summed E-state index contributed by atoms with van der Waals surface area (Å²) in [6.45, 7) is 2.50. The van der Waals surface area contributed by atoms with E-state index in [0.29, 0.717) is 11.6 Å². The van der Waals surface area contributed by atoms with Crippen molar-refractivity contribution >= 4 is 35.5 Å². The lowest BCUT2D eigenvalue weighted by molar-refractivity contribution is -0.118. The highest BCUT2D eigenvalue weighted by Crippen LogP contribution is 2.20. The Morgan fingerprint density at radius 2 is 2.00 bits per heavy atom. The number of amides is 1. The number of hydrogen-bond acceptors (Lipinski definition) is 4. The fraction of sp³-hybridized carbons (Fsp3) is 0.176. The van der Waals surface area contributed by atoms with Crippen LogP contribution in [0.5, 0.6) is 5.75 Å². The van der Waals surface area contributed by atoms with Gasteiger partial charge in [-0.25, -0.2) is 5.43 Å². The number of carbonyl (C=O) groups is 1. The molecule has 23 heavy (non-hydrogen) atoms. The molecule has 120 valence electrons. The zero-order chi connectivity index (χ0) is 16.5. The highest BCUT2D eigenvalue weighted by Gasteiger charge is 2.02. The molecular weight excluding hydrogens is 332 g/mol. The number of thioether (sulfide) groups is 1. The molecule has 0 unspecified atom stereocenters. The lowest BCUT2D eigenvalue weighted by Gasteiger charge is -2.05. The molecule has 1 N–H and O–H groups in total. The summed E-state index contributed by atoms with van der Waals surface area (Å²) < 4.78 is 5.49. The van der Waals surface area contributed by atoms with Crippen LogP contribution in [-0.4, -0.2) is 24.5 Å². The van der Waals surface area contributed by atoms with Crippen LogP contribution in [0.15, 0.2) is 58.5 Å². The number of nitrogens with one attached hydrogen (secondary N) is 1.